The summed E-state index contributed by atoms with van der Waals surface area (Å²) >= 11 is 0. The molecule has 1 aromatic carbocycles. The van der Waals surface area contributed by atoms with E-state index in [0.717, 1.165) is 35.8 Å². The Morgan fingerprint density at radius 1 is 1.30 bits per heavy atom. The number of ether oxygens (including phenoxy) is 1. The Labute approximate surface area is 119 Å². The second kappa shape index (κ2) is 5.70. The van der Waals surface area contributed by atoms with Gasteiger partial charge >= 0.3 is 5.97 Å². The average Bonchev–Trinajstić information content (AvgIpc) is 3.06. The van der Waals surface area contributed by atoms with Crippen LogP contribution in [-0.2, 0) is 4.79 Å². The number of carbonyl (C=O) groups is 1. The zero-order valence-electron chi connectivity index (χ0n) is 11.5. The Balaban J connectivity index is 1.63. The molecule has 0 aromatic heterocycles. The van der Waals surface area contributed by atoms with E-state index in [9.17, 15) is 4.79 Å². The first kappa shape index (κ1) is 13.2. The number of rotatable bonds is 5. The van der Waals surface area contributed by atoms with Gasteiger partial charge in [0.15, 0.2) is 0 Å². The highest BCUT2D eigenvalue weighted by Gasteiger charge is 2.39. The molecule has 2 bridgehead atoms. The fourth-order valence-corrected chi connectivity index (χ4v) is 3.69. The highest BCUT2D eigenvalue weighted by atomic mass is 16.5. The predicted molar refractivity (Wildman–Crippen MR) is 77.5 cm³/mol. The van der Waals surface area contributed by atoms with Gasteiger partial charge in [0, 0.05) is 11.6 Å². The molecule has 3 nitrogen and oxygen atoms in total. The van der Waals surface area contributed by atoms with Crippen molar-refractivity contribution in [2.24, 2.45) is 17.8 Å². The fraction of sp³-hybridized carbons (Fsp3) is 0.471. The van der Waals surface area contributed by atoms with Crippen LogP contribution >= 0.6 is 0 Å². The summed E-state index contributed by atoms with van der Waals surface area (Å²) in [4.78, 5) is 10.6. The summed E-state index contributed by atoms with van der Waals surface area (Å²) in [5.74, 6) is 2.31. The molecule has 3 unspecified atom stereocenters. The molecular formula is C17H20O3. The van der Waals surface area contributed by atoms with Crippen molar-refractivity contribution in [2.75, 3.05) is 6.61 Å². The lowest BCUT2D eigenvalue weighted by Crippen LogP contribution is -2.18. The van der Waals surface area contributed by atoms with Crippen molar-refractivity contribution in [3.63, 3.8) is 0 Å². The molecule has 2 saturated carbocycles. The molecule has 2 aliphatic rings. The van der Waals surface area contributed by atoms with Gasteiger partial charge in [-0.15, -0.1) is 0 Å². The van der Waals surface area contributed by atoms with Crippen LogP contribution in [-0.4, -0.2) is 17.7 Å². The molecule has 0 amide bonds. The van der Waals surface area contributed by atoms with Crippen molar-refractivity contribution < 1.29 is 14.6 Å². The zero-order chi connectivity index (χ0) is 13.9. The molecule has 2 aliphatic carbocycles. The second-order valence-corrected chi connectivity index (χ2v) is 5.96. The van der Waals surface area contributed by atoms with E-state index in [1.165, 1.54) is 25.7 Å². The van der Waals surface area contributed by atoms with Crippen molar-refractivity contribution in [3.8, 4) is 5.75 Å². The number of aliphatic carboxylic acids is 1. The smallest absolute Gasteiger partial charge is 0.328 e. The second-order valence-electron chi connectivity index (χ2n) is 5.96. The molecule has 3 heteroatoms. The Kier molecular flexibility index (Phi) is 3.77. The van der Waals surface area contributed by atoms with Crippen molar-refractivity contribution in [1.29, 1.82) is 0 Å². The van der Waals surface area contributed by atoms with Gasteiger partial charge in [-0.1, -0.05) is 24.6 Å². The standard InChI is InChI=1S/C17H20O3/c18-17(19)8-7-13-3-1-2-4-16(13)20-11-15-10-12-5-6-14(15)9-12/h1-4,7-8,12,14-15H,5-6,9-11H2,(H,18,19). The molecule has 106 valence electrons. The largest absolute Gasteiger partial charge is 0.493 e. The quantitative estimate of drug-likeness (QED) is 0.833. The van der Waals surface area contributed by atoms with E-state index in [0.29, 0.717) is 5.92 Å². The molecule has 0 saturated heterocycles. The third kappa shape index (κ3) is 2.87. The number of fused-ring (bicyclic) bond motifs is 2. The molecule has 1 N–H and O–H groups in total. The molecule has 0 radical (unpaired) electrons. The summed E-state index contributed by atoms with van der Waals surface area (Å²) < 4.78 is 5.96. The zero-order valence-corrected chi connectivity index (χ0v) is 11.5. The first-order valence-electron chi connectivity index (χ1n) is 7.35. The van der Waals surface area contributed by atoms with Crippen molar-refractivity contribution in [3.05, 3.63) is 35.9 Å². The minimum atomic E-state index is -0.937. The van der Waals surface area contributed by atoms with E-state index in [1.807, 2.05) is 24.3 Å². The highest BCUT2D eigenvalue weighted by molar-refractivity contribution is 5.85. The number of hydrogen-bond acceptors (Lipinski definition) is 2. The average molecular weight is 272 g/mol. The lowest BCUT2D eigenvalue weighted by molar-refractivity contribution is -0.131. The Bertz CT molecular complexity index is 521. The Hall–Kier alpha value is -1.77. The van der Waals surface area contributed by atoms with Gasteiger partial charge in [-0.25, -0.2) is 4.79 Å². The lowest BCUT2D eigenvalue weighted by atomic mass is 9.89. The maximum absolute atomic E-state index is 10.6. The summed E-state index contributed by atoms with van der Waals surface area (Å²) in [7, 11) is 0. The number of carboxylic acid groups (broad SMARTS) is 1. The van der Waals surface area contributed by atoms with E-state index in [-0.39, 0.29) is 0 Å². The third-order valence-electron chi connectivity index (χ3n) is 4.66. The number of benzene rings is 1. The third-order valence-corrected chi connectivity index (χ3v) is 4.66. The van der Waals surface area contributed by atoms with Gasteiger partial charge < -0.3 is 9.84 Å². The SMILES string of the molecule is O=C(O)C=Cc1ccccc1OCC1CC2CCC1C2. The molecule has 0 spiro atoms. The van der Waals surface area contributed by atoms with Crippen LogP contribution in [0.15, 0.2) is 30.3 Å². The summed E-state index contributed by atoms with van der Waals surface area (Å²) in [6, 6.07) is 7.62. The maximum Gasteiger partial charge on any atom is 0.328 e. The molecule has 3 rings (SSSR count). The molecule has 3 atom stereocenters. The predicted octanol–water partition coefficient (Wildman–Crippen LogP) is 3.60. The van der Waals surface area contributed by atoms with Gasteiger partial charge in [0.05, 0.1) is 6.61 Å². The molecular weight excluding hydrogens is 252 g/mol. The summed E-state index contributed by atoms with van der Waals surface area (Å²) in [6.45, 7) is 0.763. The van der Waals surface area contributed by atoms with E-state index in [1.54, 1.807) is 6.08 Å². The normalized spacial score (nSPS) is 28.1. The van der Waals surface area contributed by atoms with Crippen LogP contribution in [0.1, 0.15) is 31.2 Å². The molecule has 20 heavy (non-hydrogen) atoms. The van der Waals surface area contributed by atoms with E-state index in [2.05, 4.69) is 0 Å². The van der Waals surface area contributed by atoms with Crippen molar-refractivity contribution >= 4 is 12.0 Å². The molecule has 2 fully saturated rings. The highest BCUT2D eigenvalue weighted by Crippen LogP contribution is 2.48. The van der Waals surface area contributed by atoms with Crippen LogP contribution in [0.25, 0.3) is 6.08 Å². The van der Waals surface area contributed by atoms with Crippen LogP contribution in [0.5, 0.6) is 5.75 Å². The summed E-state index contributed by atoms with van der Waals surface area (Å²) in [5, 5.41) is 8.71. The van der Waals surface area contributed by atoms with Crippen LogP contribution in [0, 0.1) is 17.8 Å². The Morgan fingerprint density at radius 3 is 2.85 bits per heavy atom. The van der Waals surface area contributed by atoms with Gasteiger partial charge in [0.2, 0.25) is 0 Å². The first-order valence-corrected chi connectivity index (χ1v) is 7.35. The minimum absolute atomic E-state index is 0.685. The van der Waals surface area contributed by atoms with Crippen LogP contribution < -0.4 is 4.74 Å². The van der Waals surface area contributed by atoms with Crippen LogP contribution in [0.4, 0.5) is 0 Å². The Morgan fingerprint density at radius 2 is 2.15 bits per heavy atom. The van der Waals surface area contributed by atoms with Gasteiger partial charge in [0.25, 0.3) is 0 Å². The minimum Gasteiger partial charge on any atom is -0.493 e. The van der Waals surface area contributed by atoms with Gasteiger partial charge in [-0.3, -0.25) is 0 Å². The maximum atomic E-state index is 10.6. The summed E-state index contributed by atoms with van der Waals surface area (Å²) in [6.07, 6.45) is 8.20. The molecule has 1 aromatic rings. The van der Waals surface area contributed by atoms with E-state index < -0.39 is 5.97 Å². The first-order chi connectivity index (χ1) is 9.72. The van der Waals surface area contributed by atoms with Crippen LogP contribution in [0.2, 0.25) is 0 Å². The topological polar surface area (TPSA) is 46.5 Å². The van der Waals surface area contributed by atoms with Gasteiger partial charge in [-0.2, -0.15) is 0 Å². The number of para-hydroxylation sites is 1. The van der Waals surface area contributed by atoms with E-state index >= 15 is 0 Å². The van der Waals surface area contributed by atoms with Crippen LogP contribution in [0.3, 0.4) is 0 Å². The lowest BCUT2D eigenvalue weighted by Gasteiger charge is -2.22. The monoisotopic (exact) mass is 272 g/mol. The molecule has 0 heterocycles. The van der Waals surface area contributed by atoms with Gasteiger partial charge in [0.1, 0.15) is 5.75 Å². The summed E-state index contributed by atoms with van der Waals surface area (Å²) in [5.41, 5.74) is 0.832. The van der Waals surface area contributed by atoms with Gasteiger partial charge in [-0.05, 0) is 49.2 Å². The van der Waals surface area contributed by atoms with Crippen molar-refractivity contribution in [1.82, 2.24) is 0 Å². The number of carboxylic acids is 1. The molecule has 0 aliphatic heterocycles. The van der Waals surface area contributed by atoms with Crippen molar-refractivity contribution in [2.45, 2.75) is 25.7 Å². The van der Waals surface area contributed by atoms with E-state index in [4.69, 9.17) is 9.84 Å². The fourth-order valence-electron chi connectivity index (χ4n) is 3.69. The number of hydrogen-bond donors (Lipinski definition) is 1.